The van der Waals surface area contributed by atoms with Crippen molar-refractivity contribution < 1.29 is 19.4 Å². The lowest BCUT2D eigenvalue weighted by Crippen LogP contribution is -2.31. The molecule has 22 heavy (non-hydrogen) atoms. The molecule has 1 aliphatic heterocycles. The number of amides is 1. The molecule has 1 aromatic heterocycles. The second-order valence-corrected chi connectivity index (χ2v) is 6.18. The van der Waals surface area contributed by atoms with E-state index in [-0.39, 0.29) is 16.7 Å². The number of thiophene rings is 1. The van der Waals surface area contributed by atoms with Crippen LogP contribution in [-0.2, 0) is 11.3 Å². The van der Waals surface area contributed by atoms with Crippen molar-refractivity contribution in [2.45, 2.75) is 18.9 Å². The highest BCUT2D eigenvalue weighted by atomic mass is 32.1. The smallest absolute Gasteiger partial charge is 0.345 e. The maximum atomic E-state index is 12.4. The minimum absolute atomic E-state index is 0.0546. The summed E-state index contributed by atoms with van der Waals surface area (Å²) in [6, 6.07) is 10.8. The molecule has 5 nitrogen and oxygen atoms in total. The van der Waals surface area contributed by atoms with Gasteiger partial charge in [-0.05, 0) is 24.6 Å². The van der Waals surface area contributed by atoms with Gasteiger partial charge in [0.2, 0.25) is 5.91 Å². The third kappa shape index (κ3) is 2.96. The number of rotatable bonds is 4. The van der Waals surface area contributed by atoms with Crippen LogP contribution in [0.15, 0.2) is 36.4 Å². The first kappa shape index (κ1) is 14.6. The number of carboxylic acid groups (broad SMARTS) is 1. The fraction of sp³-hybridized carbons (Fsp3) is 0.250. The number of ether oxygens (including phenoxy) is 1. The van der Waals surface area contributed by atoms with Crippen LogP contribution >= 0.6 is 11.3 Å². The maximum Gasteiger partial charge on any atom is 0.345 e. The first-order valence-corrected chi connectivity index (χ1v) is 7.78. The predicted molar refractivity (Wildman–Crippen MR) is 82.4 cm³/mol. The highest BCUT2D eigenvalue weighted by Crippen LogP contribution is 2.33. The van der Waals surface area contributed by atoms with E-state index in [0.717, 1.165) is 16.2 Å². The lowest BCUT2D eigenvalue weighted by atomic mass is 9.92. The number of fused-ring (bicyclic) bond motifs is 1. The standard InChI is InChI=1S/C16H15NO4S/c18-15(17-9-10-5-6-14(22-10)16(19)20)12-7-8-21-13-4-2-1-3-11(12)13/h1-6,12H,7-9H2,(H,17,18)(H,19,20). The number of benzene rings is 1. The lowest BCUT2D eigenvalue weighted by molar-refractivity contribution is -0.123. The predicted octanol–water partition coefficient (Wildman–Crippen LogP) is 2.63. The number of carbonyl (C=O) groups excluding carboxylic acids is 1. The summed E-state index contributed by atoms with van der Waals surface area (Å²) in [5, 5.41) is 11.8. The summed E-state index contributed by atoms with van der Waals surface area (Å²) in [6.45, 7) is 0.869. The van der Waals surface area contributed by atoms with Gasteiger partial charge in [-0.2, -0.15) is 0 Å². The minimum atomic E-state index is -0.944. The van der Waals surface area contributed by atoms with Crippen LogP contribution in [0.2, 0.25) is 0 Å². The molecule has 3 rings (SSSR count). The number of hydrogen-bond donors (Lipinski definition) is 2. The van der Waals surface area contributed by atoms with Crippen LogP contribution in [0.5, 0.6) is 5.75 Å². The van der Waals surface area contributed by atoms with Crippen molar-refractivity contribution in [1.82, 2.24) is 5.32 Å². The van der Waals surface area contributed by atoms with Crippen molar-refractivity contribution in [2.24, 2.45) is 0 Å². The molecule has 2 heterocycles. The second kappa shape index (κ2) is 6.19. The number of hydrogen-bond acceptors (Lipinski definition) is 4. The SMILES string of the molecule is O=C(O)c1ccc(CNC(=O)C2CCOc3ccccc32)s1. The molecule has 0 radical (unpaired) electrons. The first-order valence-electron chi connectivity index (χ1n) is 6.96. The Kier molecular flexibility index (Phi) is 4.11. The second-order valence-electron chi connectivity index (χ2n) is 5.02. The van der Waals surface area contributed by atoms with Gasteiger partial charge in [-0.15, -0.1) is 11.3 Å². The van der Waals surface area contributed by atoms with Crippen LogP contribution in [0.1, 0.15) is 32.5 Å². The van der Waals surface area contributed by atoms with Gasteiger partial charge in [0.05, 0.1) is 19.1 Å². The maximum absolute atomic E-state index is 12.4. The van der Waals surface area contributed by atoms with Crippen LogP contribution in [0.4, 0.5) is 0 Å². The van der Waals surface area contributed by atoms with Crippen LogP contribution in [0, 0.1) is 0 Å². The molecule has 0 fully saturated rings. The molecular weight excluding hydrogens is 302 g/mol. The summed E-state index contributed by atoms with van der Waals surface area (Å²) < 4.78 is 5.55. The Hall–Kier alpha value is -2.34. The fourth-order valence-electron chi connectivity index (χ4n) is 2.50. The summed E-state index contributed by atoms with van der Waals surface area (Å²) in [4.78, 5) is 24.3. The number of aromatic carboxylic acids is 1. The molecule has 114 valence electrons. The molecule has 6 heteroatoms. The van der Waals surface area contributed by atoms with E-state index in [1.54, 1.807) is 12.1 Å². The summed E-state index contributed by atoms with van der Waals surface area (Å²) >= 11 is 1.18. The first-order chi connectivity index (χ1) is 10.6. The van der Waals surface area contributed by atoms with E-state index >= 15 is 0 Å². The van der Waals surface area contributed by atoms with Gasteiger partial charge in [-0.1, -0.05) is 18.2 Å². The molecule has 1 unspecified atom stereocenters. The van der Waals surface area contributed by atoms with E-state index < -0.39 is 5.97 Å². The number of carboxylic acids is 1. The van der Waals surface area contributed by atoms with Gasteiger partial charge in [0.1, 0.15) is 10.6 Å². The van der Waals surface area contributed by atoms with Crippen molar-refractivity contribution in [3.63, 3.8) is 0 Å². The Labute approximate surface area is 131 Å². The molecule has 2 N–H and O–H groups in total. The zero-order chi connectivity index (χ0) is 15.5. The van der Waals surface area contributed by atoms with Gasteiger partial charge in [0.15, 0.2) is 0 Å². The zero-order valence-corrected chi connectivity index (χ0v) is 12.6. The summed E-state index contributed by atoms with van der Waals surface area (Å²) in [5.74, 6) is -0.455. The summed E-state index contributed by atoms with van der Waals surface area (Å²) in [7, 11) is 0. The van der Waals surface area contributed by atoms with Crippen LogP contribution in [0.3, 0.4) is 0 Å². The van der Waals surface area contributed by atoms with E-state index in [1.165, 1.54) is 11.3 Å². The van der Waals surface area contributed by atoms with Crippen LogP contribution in [-0.4, -0.2) is 23.6 Å². The lowest BCUT2D eigenvalue weighted by Gasteiger charge is -2.24. The van der Waals surface area contributed by atoms with E-state index in [2.05, 4.69) is 5.32 Å². The molecule has 0 saturated heterocycles. The third-order valence-electron chi connectivity index (χ3n) is 3.58. The fourth-order valence-corrected chi connectivity index (χ4v) is 3.29. The molecule has 1 aromatic carbocycles. The van der Waals surface area contributed by atoms with Gasteiger partial charge in [-0.25, -0.2) is 4.79 Å². The Morgan fingerprint density at radius 2 is 2.09 bits per heavy atom. The largest absolute Gasteiger partial charge is 0.493 e. The molecule has 0 spiro atoms. The Morgan fingerprint density at radius 3 is 2.86 bits per heavy atom. The molecule has 1 amide bonds. The topological polar surface area (TPSA) is 75.6 Å². The van der Waals surface area contributed by atoms with E-state index in [9.17, 15) is 9.59 Å². The van der Waals surface area contributed by atoms with Gasteiger partial charge in [0, 0.05) is 10.4 Å². The molecule has 1 atom stereocenters. The molecule has 0 aliphatic carbocycles. The van der Waals surface area contributed by atoms with E-state index in [4.69, 9.17) is 9.84 Å². The zero-order valence-electron chi connectivity index (χ0n) is 11.7. The number of carbonyl (C=O) groups is 2. The third-order valence-corrected chi connectivity index (χ3v) is 4.66. The van der Waals surface area contributed by atoms with Crippen molar-refractivity contribution in [2.75, 3.05) is 6.61 Å². The van der Waals surface area contributed by atoms with Gasteiger partial charge >= 0.3 is 5.97 Å². The normalized spacial score (nSPS) is 16.5. The summed E-state index contributed by atoms with van der Waals surface area (Å²) in [5.41, 5.74) is 0.906. The average molecular weight is 317 g/mol. The Bertz CT molecular complexity index is 710. The number of para-hydroxylation sites is 1. The van der Waals surface area contributed by atoms with Crippen molar-refractivity contribution >= 4 is 23.2 Å². The molecule has 0 bridgehead atoms. The number of nitrogens with one attached hydrogen (secondary N) is 1. The van der Waals surface area contributed by atoms with Crippen molar-refractivity contribution in [3.8, 4) is 5.75 Å². The molecule has 2 aromatic rings. The highest BCUT2D eigenvalue weighted by molar-refractivity contribution is 7.13. The van der Waals surface area contributed by atoms with Crippen LogP contribution in [0.25, 0.3) is 0 Å². The van der Waals surface area contributed by atoms with Crippen molar-refractivity contribution in [1.29, 1.82) is 0 Å². The van der Waals surface area contributed by atoms with Gasteiger partial charge in [0.25, 0.3) is 0 Å². The molecular formula is C16H15NO4S. The van der Waals surface area contributed by atoms with Crippen molar-refractivity contribution in [3.05, 3.63) is 51.7 Å². The molecule has 1 aliphatic rings. The Morgan fingerprint density at radius 1 is 1.27 bits per heavy atom. The average Bonchev–Trinajstić information content (AvgIpc) is 3.01. The van der Waals surface area contributed by atoms with E-state index in [0.29, 0.717) is 19.6 Å². The summed E-state index contributed by atoms with van der Waals surface area (Å²) in [6.07, 6.45) is 0.646. The minimum Gasteiger partial charge on any atom is -0.493 e. The quantitative estimate of drug-likeness (QED) is 0.909. The van der Waals surface area contributed by atoms with Gasteiger partial charge in [-0.3, -0.25) is 4.79 Å². The van der Waals surface area contributed by atoms with Crippen LogP contribution < -0.4 is 10.1 Å². The van der Waals surface area contributed by atoms with E-state index in [1.807, 2.05) is 24.3 Å². The highest BCUT2D eigenvalue weighted by Gasteiger charge is 2.27. The molecule has 0 saturated carbocycles. The Balaban J connectivity index is 1.66. The van der Waals surface area contributed by atoms with Gasteiger partial charge < -0.3 is 15.2 Å². The monoisotopic (exact) mass is 317 g/mol.